The summed E-state index contributed by atoms with van der Waals surface area (Å²) in [6.07, 6.45) is 2.24. The van der Waals surface area contributed by atoms with E-state index in [-0.39, 0.29) is 11.2 Å². The summed E-state index contributed by atoms with van der Waals surface area (Å²) < 4.78 is 9.19. The van der Waals surface area contributed by atoms with E-state index in [0.29, 0.717) is 47.2 Å². The van der Waals surface area contributed by atoms with Gasteiger partial charge >= 0.3 is 11.7 Å². The predicted octanol–water partition coefficient (Wildman–Crippen LogP) is 3.88. The maximum Gasteiger partial charge on any atom is 0.337 e. The van der Waals surface area contributed by atoms with Gasteiger partial charge in [0.15, 0.2) is 11.2 Å². The van der Waals surface area contributed by atoms with E-state index in [1.165, 1.54) is 16.2 Å². The molecule has 176 valence electrons. The molecular formula is C25H25ClN4O4. The molecule has 4 aromatic rings. The molecule has 0 amide bonds. The van der Waals surface area contributed by atoms with Crippen molar-refractivity contribution in [3.05, 3.63) is 91.8 Å². The highest BCUT2D eigenvalue weighted by Crippen LogP contribution is 2.17. The summed E-state index contributed by atoms with van der Waals surface area (Å²) in [4.78, 5) is 43.0. The van der Waals surface area contributed by atoms with Crippen LogP contribution in [-0.4, -0.2) is 31.8 Å². The molecule has 9 heteroatoms. The largest absolute Gasteiger partial charge is 0.465 e. The maximum atomic E-state index is 13.5. The lowest BCUT2D eigenvalue weighted by molar-refractivity contribution is 0.0600. The summed E-state index contributed by atoms with van der Waals surface area (Å²) >= 11 is 6.04. The number of nitrogens with zero attached hydrogens (tertiary/aromatic N) is 4. The van der Waals surface area contributed by atoms with E-state index in [1.807, 2.05) is 13.8 Å². The van der Waals surface area contributed by atoms with Crippen LogP contribution in [0.2, 0.25) is 5.02 Å². The smallest absolute Gasteiger partial charge is 0.337 e. The SMILES string of the molecule is COC(=O)c1ccc(Cn2cnc3c2c(=O)n(CCC(C)C)c(=O)n3-c2ccc(Cl)cc2)cc1. The first-order valence-electron chi connectivity index (χ1n) is 10.9. The Balaban J connectivity index is 1.86. The Morgan fingerprint density at radius 3 is 2.35 bits per heavy atom. The van der Waals surface area contributed by atoms with Gasteiger partial charge in [0.25, 0.3) is 5.56 Å². The molecule has 0 unspecified atom stereocenters. The molecule has 0 radical (unpaired) electrons. The van der Waals surface area contributed by atoms with Gasteiger partial charge in [0, 0.05) is 18.1 Å². The van der Waals surface area contributed by atoms with Crippen LogP contribution in [-0.2, 0) is 17.8 Å². The van der Waals surface area contributed by atoms with Crippen LogP contribution >= 0.6 is 11.6 Å². The zero-order valence-electron chi connectivity index (χ0n) is 19.2. The van der Waals surface area contributed by atoms with Crippen molar-refractivity contribution < 1.29 is 9.53 Å². The van der Waals surface area contributed by atoms with Crippen molar-refractivity contribution in [1.29, 1.82) is 0 Å². The normalized spacial score (nSPS) is 11.3. The second-order valence-electron chi connectivity index (χ2n) is 8.47. The number of esters is 1. The minimum absolute atomic E-state index is 0.282. The summed E-state index contributed by atoms with van der Waals surface area (Å²) in [5.41, 5.74) is 1.67. The van der Waals surface area contributed by atoms with Crippen LogP contribution in [0.3, 0.4) is 0 Å². The van der Waals surface area contributed by atoms with Crippen LogP contribution in [0.25, 0.3) is 16.9 Å². The Labute approximate surface area is 201 Å². The Hall–Kier alpha value is -3.65. The van der Waals surface area contributed by atoms with Gasteiger partial charge in [-0.05, 0) is 54.3 Å². The van der Waals surface area contributed by atoms with Crippen LogP contribution < -0.4 is 11.2 Å². The molecular weight excluding hydrogens is 456 g/mol. The number of fused-ring (bicyclic) bond motifs is 1. The van der Waals surface area contributed by atoms with Crippen molar-refractivity contribution in [3.8, 4) is 5.69 Å². The first-order valence-corrected chi connectivity index (χ1v) is 11.3. The average Bonchev–Trinajstić information content (AvgIpc) is 3.23. The topological polar surface area (TPSA) is 88.1 Å². The van der Waals surface area contributed by atoms with Crippen LogP contribution in [0.1, 0.15) is 36.2 Å². The molecule has 0 fully saturated rings. The molecule has 4 rings (SSSR count). The summed E-state index contributed by atoms with van der Waals surface area (Å²) in [5.74, 6) is -0.0936. The van der Waals surface area contributed by atoms with E-state index < -0.39 is 11.7 Å². The van der Waals surface area contributed by atoms with Crippen molar-refractivity contribution in [2.75, 3.05) is 7.11 Å². The first-order chi connectivity index (χ1) is 16.3. The minimum atomic E-state index is -0.437. The third kappa shape index (κ3) is 4.54. The number of imidazole rings is 1. The number of carbonyl (C=O) groups is 1. The fraction of sp³-hybridized carbons (Fsp3) is 0.280. The lowest BCUT2D eigenvalue weighted by atomic mass is 10.1. The van der Waals surface area contributed by atoms with Gasteiger partial charge in [0.1, 0.15) is 0 Å². The van der Waals surface area contributed by atoms with Crippen LogP contribution in [0.5, 0.6) is 0 Å². The van der Waals surface area contributed by atoms with Crippen LogP contribution in [0.4, 0.5) is 0 Å². The second-order valence-corrected chi connectivity index (χ2v) is 8.90. The van der Waals surface area contributed by atoms with Gasteiger partial charge in [0.05, 0.1) is 24.7 Å². The Bertz CT molecular complexity index is 1450. The van der Waals surface area contributed by atoms with Gasteiger partial charge in [0.2, 0.25) is 0 Å². The van der Waals surface area contributed by atoms with E-state index in [4.69, 9.17) is 16.3 Å². The molecule has 2 heterocycles. The molecule has 0 atom stereocenters. The van der Waals surface area contributed by atoms with Crippen molar-refractivity contribution in [1.82, 2.24) is 18.7 Å². The molecule has 0 bridgehead atoms. The van der Waals surface area contributed by atoms with E-state index in [0.717, 1.165) is 5.56 Å². The van der Waals surface area contributed by atoms with Gasteiger partial charge in [-0.1, -0.05) is 37.6 Å². The standard InChI is InChI=1S/C25H25ClN4O4/c1-16(2)12-13-29-23(31)21-22(30(25(29)33)20-10-8-19(26)9-11-20)27-15-28(21)14-17-4-6-18(7-5-17)24(32)34-3/h4-11,15-16H,12-14H2,1-3H3. The average molecular weight is 481 g/mol. The fourth-order valence-electron chi connectivity index (χ4n) is 3.77. The van der Waals surface area contributed by atoms with Gasteiger partial charge in [-0.2, -0.15) is 0 Å². The summed E-state index contributed by atoms with van der Waals surface area (Å²) in [7, 11) is 1.33. The summed E-state index contributed by atoms with van der Waals surface area (Å²) in [5, 5.41) is 0.544. The third-order valence-corrected chi connectivity index (χ3v) is 5.89. The molecule has 0 aliphatic rings. The zero-order valence-corrected chi connectivity index (χ0v) is 20.0. The number of rotatable bonds is 7. The van der Waals surface area contributed by atoms with Crippen molar-refractivity contribution in [2.45, 2.75) is 33.4 Å². The summed E-state index contributed by atoms with van der Waals surface area (Å²) in [6, 6.07) is 13.8. The lowest BCUT2D eigenvalue weighted by Crippen LogP contribution is -2.40. The summed E-state index contributed by atoms with van der Waals surface area (Å²) in [6.45, 7) is 4.74. The Morgan fingerprint density at radius 1 is 1.06 bits per heavy atom. The number of methoxy groups -OCH3 is 1. The van der Waals surface area contributed by atoms with E-state index in [2.05, 4.69) is 4.98 Å². The van der Waals surface area contributed by atoms with Crippen molar-refractivity contribution in [3.63, 3.8) is 0 Å². The quantitative estimate of drug-likeness (QED) is 0.374. The molecule has 0 saturated heterocycles. The van der Waals surface area contributed by atoms with E-state index in [1.54, 1.807) is 59.4 Å². The van der Waals surface area contributed by atoms with E-state index in [9.17, 15) is 14.4 Å². The van der Waals surface area contributed by atoms with Crippen LogP contribution in [0.15, 0.2) is 64.4 Å². The molecule has 0 spiro atoms. The number of carbonyl (C=O) groups excluding carboxylic acids is 1. The molecule has 2 aromatic heterocycles. The number of ether oxygens (including phenoxy) is 1. The number of hydrogen-bond donors (Lipinski definition) is 0. The van der Waals surface area contributed by atoms with E-state index >= 15 is 0 Å². The second kappa shape index (κ2) is 9.69. The number of hydrogen-bond acceptors (Lipinski definition) is 5. The molecule has 2 aromatic carbocycles. The predicted molar refractivity (Wildman–Crippen MR) is 131 cm³/mol. The van der Waals surface area contributed by atoms with Gasteiger partial charge < -0.3 is 9.30 Å². The fourth-order valence-corrected chi connectivity index (χ4v) is 3.89. The highest BCUT2D eigenvalue weighted by Gasteiger charge is 2.19. The lowest BCUT2D eigenvalue weighted by Gasteiger charge is -2.14. The third-order valence-electron chi connectivity index (χ3n) is 5.64. The molecule has 34 heavy (non-hydrogen) atoms. The van der Waals surface area contributed by atoms with Crippen molar-refractivity contribution >= 4 is 28.7 Å². The van der Waals surface area contributed by atoms with Gasteiger partial charge in [-0.25, -0.2) is 19.1 Å². The first kappa shape index (κ1) is 23.5. The molecule has 0 aliphatic heterocycles. The monoisotopic (exact) mass is 480 g/mol. The van der Waals surface area contributed by atoms with Crippen molar-refractivity contribution in [2.24, 2.45) is 5.92 Å². The molecule has 8 nitrogen and oxygen atoms in total. The highest BCUT2D eigenvalue weighted by atomic mass is 35.5. The highest BCUT2D eigenvalue weighted by molar-refractivity contribution is 6.30. The zero-order chi connectivity index (χ0) is 24.4. The number of aromatic nitrogens is 4. The van der Waals surface area contributed by atoms with Gasteiger partial charge in [-0.3, -0.25) is 9.36 Å². The minimum Gasteiger partial charge on any atom is -0.465 e. The molecule has 0 N–H and O–H groups in total. The number of benzene rings is 2. The maximum absolute atomic E-state index is 13.5. The number of halogens is 1. The Kier molecular flexibility index (Phi) is 6.70. The Morgan fingerprint density at radius 2 is 1.74 bits per heavy atom. The molecule has 0 aliphatic carbocycles. The van der Waals surface area contributed by atoms with Gasteiger partial charge in [-0.15, -0.1) is 0 Å². The van der Waals surface area contributed by atoms with Crippen LogP contribution in [0, 0.1) is 5.92 Å². The molecule has 0 saturated carbocycles.